The van der Waals surface area contributed by atoms with Gasteiger partial charge < -0.3 is 19.6 Å². The van der Waals surface area contributed by atoms with Crippen LogP contribution in [0, 0.1) is 0 Å². The molecular weight excluding hydrogens is 414 g/mol. The van der Waals surface area contributed by atoms with E-state index in [0.717, 1.165) is 20.9 Å². The second kappa shape index (κ2) is 8.45. The average molecular weight is 433 g/mol. The highest BCUT2D eigenvalue weighted by Crippen LogP contribution is 2.32. The van der Waals surface area contributed by atoms with Gasteiger partial charge in [-0.15, -0.1) is 10.2 Å². The van der Waals surface area contributed by atoms with Crippen molar-refractivity contribution in [3.05, 3.63) is 44.6 Å². The minimum atomic E-state index is -0.752. The molecule has 0 saturated carbocycles. The molecule has 0 saturated heterocycles. The molecule has 3 rings (SSSR count). The Hall–Kier alpha value is -3.54. The number of hydrogen-bond donors (Lipinski definition) is 1. The number of carbonyl (C=O) groups is 1. The third kappa shape index (κ3) is 3.81. The van der Waals surface area contributed by atoms with Crippen LogP contribution >= 0.6 is 11.8 Å². The Morgan fingerprint density at radius 2 is 1.83 bits per heavy atom. The minimum absolute atomic E-state index is 0.133. The fourth-order valence-electron chi connectivity index (χ4n) is 2.68. The predicted molar refractivity (Wildman–Crippen MR) is 109 cm³/mol. The van der Waals surface area contributed by atoms with Gasteiger partial charge in [0.05, 0.1) is 20.0 Å². The van der Waals surface area contributed by atoms with Gasteiger partial charge in [0.25, 0.3) is 10.8 Å². The summed E-state index contributed by atoms with van der Waals surface area (Å²) in [5.41, 5.74) is 4.78. The van der Waals surface area contributed by atoms with Gasteiger partial charge in [0, 0.05) is 19.7 Å². The van der Waals surface area contributed by atoms with Crippen LogP contribution in [0.25, 0.3) is 11.5 Å². The Labute approximate surface area is 174 Å². The predicted octanol–water partition coefficient (Wildman–Crippen LogP) is 0.708. The molecule has 0 unspecified atom stereocenters. The first kappa shape index (κ1) is 21.2. The van der Waals surface area contributed by atoms with Gasteiger partial charge in [-0.05, 0) is 18.2 Å². The molecule has 0 atom stereocenters. The first-order chi connectivity index (χ1) is 14.3. The summed E-state index contributed by atoms with van der Waals surface area (Å²) in [5, 5.41) is 8.00. The Balaban J connectivity index is 1.79. The fraction of sp³-hybridized carbons (Fsp3) is 0.278. The quantitative estimate of drug-likeness (QED) is 0.418. The smallest absolute Gasteiger partial charge is 0.332 e. The lowest BCUT2D eigenvalue weighted by molar-refractivity contribution is 0.102. The highest BCUT2D eigenvalue weighted by molar-refractivity contribution is 7.99. The van der Waals surface area contributed by atoms with E-state index >= 15 is 0 Å². The molecule has 0 fully saturated rings. The first-order valence-corrected chi connectivity index (χ1v) is 9.54. The van der Waals surface area contributed by atoms with E-state index in [4.69, 9.17) is 19.6 Å². The average Bonchev–Trinajstić information content (AvgIpc) is 3.23. The van der Waals surface area contributed by atoms with E-state index in [1.165, 1.54) is 28.3 Å². The van der Waals surface area contributed by atoms with Crippen LogP contribution in [0.4, 0.5) is 5.82 Å². The maximum absolute atomic E-state index is 12.6. The number of anilines is 1. The Morgan fingerprint density at radius 1 is 1.13 bits per heavy atom. The molecule has 0 spiro atoms. The van der Waals surface area contributed by atoms with Gasteiger partial charge in [0.1, 0.15) is 11.4 Å². The van der Waals surface area contributed by atoms with Crippen molar-refractivity contribution in [2.24, 2.45) is 14.1 Å². The van der Waals surface area contributed by atoms with E-state index in [1.54, 1.807) is 18.2 Å². The number of ketones is 1. The molecule has 0 aliphatic carbocycles. The van der Waals surface area contributed by atoms with Crippen molar-refractivity contribution >= 4 is 23.4 Å². The highest BCUT2D eigenvalue weighted by Gasteiger charge is 2.21. The summed E-state index contributed by atoms with van der Waals surface area (Å²) >= 11 is 0.953. The lowest BCUT2D eigenvalue weighted by Crippen LogP contribution is -2.41. The third-order valence-electron chi connectivity index (χ3n) is 4.35. The molecule has 2 aromatic heterocycles. The van der Waals surface area contributed by atoms with Crippen molar-refractivity contribution in [1.29, 1.82) is 0 Å². The number of nitrogens with two attached hydrogens (primary N) is 1. The maximum atomic E-state index is 12.6. The zero-order chi connectivity index (χ0) is 22.0. The molecule has 0 aliphatic heterocycles. The minimum Gasteiger partial charge on any atom is -0.493 e. The third-order valence-corrected chi connectivity index (χ3v) is 5.17. The van der Waals surface area contributed by atoms with Gasteiger partial charge in [0.15, 0.2) is 17.3 Å². The number of aromatic nitrogens is 4. The summed E-state index contributed by atoms with van der Waals surface area (Å²) in [6.45, 7) is 0. The molecule has 0 aliphatic rings. The van der Waals surface area contributed by atoms with E-state index < -0.39 is 17.0 Å². The second-order valence-corrected chi connectivity index (χ2v) is 7.05. The number of benzene rings is 1. The number of thioether (sulfide) groups is 1. The Bertz CT molecular complexity index is 1230. The lowest BCUT2D eigenvalue weighted by Gasteiger charge is -2.10. The number of nitrogen functional groups attached to an aromatic ring is 1. The molecule has 11 nitrogen and oxygen atoms in total. The van der Waals surface area contributed by atoms with Gasteiger partial charge in [-0.2, -0.15) is 0 Å². The molecule has 0 radical (unpaired) electrons. The summed E-state index contributed by atoms with van der Waals surface area (Å²) in [6, 6.07) is 5.11. The molecule has 3 aromatic rings. The number of ether oxygens (including phenoxy) is 2. The van der Waals surface area contributed by atoms with Gasteiger partial charge >= 0.3 is 5.69 Å². The van der Waals surface area contributed by atoms with Crippen molar-refractivity contribution < 1.29 is 18.7 Å². The maximum Gasteiger partial charge on any atom is 0.332 e. The standard InChI is InChI=1S/C18H19N5O6S/c1-22-14(19)13(16(25)23(2)18(22)26)10(24)8-30-17-21-20-15(29-17)9-5-6-11(27-3)12(7-9)28-4/h5-7H,8,19H2,1-4H3. The fourth-order valence-corrected chi connectivity index (χ4v) is 3.31. The molecular formula is C18H19N5O6S. The number of nitrogens with zero attached hydrogens (tertiary/aromatic N) is 4. The van der Waals surface area contributed by atoms with Crippen LogP contribution in [0.1, 0.15) is 10.4 Å². The second-order valence-electron chi connectivity index (χ2n) is 6.12. The molecule has 12 heteroatoms. The number of hydrogen-bond acceptors (Lipinski definition) is 10. The SMILES string of the molecule is COc1ccc(-c2nnc(SCC(=O)c3c(N)n(C)c(=O)n(C)c3=O)o2)cc1OC. The van der Waals surface area contributed by atoms with Crippen LogP contribution in [0.3, 0.4) is 0 Å². The summed E-state index contributed by atoms with van der Waals surface area (Å²) in [5.74, 6) is 0.356. The number of carbonyl (C=O) groups excluding carboxylic acids is 1. The van der Waals surface area contributed by atoms with Gasteiger partial charge in [-0.25, -0.2) is 4.79 Å². The van der Waals surface area contributed by atoms with Crippen LogP contribution in [0.5, 0.6) is 11.5 Å². The van der Waals surface area contributed by atoms with Gasteiger partial charge in [-0.1, -0.05) is 11.8 Å². The zero-order valence-corrected chi connectivity index (χ0v) is 17.5. The topological polar surface area (TPSA) is 144 Å². The zero-order valence-electron chi connectivity index (χ0n) is 16.7. The number of rotatable bonds is 7. The summed E-state index contributed by atoms with van der Waals surface area (Å²) in [7, 11) is 5.70. The Kier molecular flexibility index (Phi) is 5.96. The first-order valence-electron chi connectivity index (χ1n) is 8.55. The monoisotopic (exact) mass is 433 g/mol. The van der Waals surface area contributed by atoms with Crippen molar-refractivity contribution in [2.45, 2.75) is 5.22 Å². The lowest BCUT2D eigenvalue weighted by atomic mass is 10.2. The molecule has 30 heavy (non-hydrogen) atoms. The van der Waals surface area contributed by atoms with Gasteiger partial charge in [-0.3, -0.25) is 18.7 Å². The van der Waals surface area contributed by atoms with Crippen LogP contribution < -0.4 is 26.5 Å². The van der Waals surface area contributed by atoms with Crippen molar-refractivity contribution in [3.8, 4) is 23.0 Å². The largest absolute Gasteiger partial charge is 0.493 e. The van der Waals surface area contributed by atoms with Crippen LogP contribution in [0.15, 0.2) is 37.4 Å². The van der Waals surface area contributed by atoms with E-state index in [1.807, 2.05) is 0 Å². The van der Waals surface area contributed by atoms with E-state index in [9.17, 15) is 14.4 Å². The van der Waals surface area contributed by atoms with Crippen molar-refractivity contribution in [3.63, 3.8) is 0 Å². The van der Waals surface area contributed by atoms with Crippen molar-refractivity contribution in [1.82, 2.24) is 19.3 Å². The Morgan fingerprint density at radius 3 is 2.50 bits per heavy atom. The normalized spacial score (nSPS) is 10.8. The molecule has 158 valence electrons. The van der Waals surface area contributed by atoms with E-state index in [0.29, 0.717) is 17.1 Å². The van der Waals surface area contributed by atoms with Crippen LogP contribution in [-0.4, -0.2) is 45.1 Å². The van der Waals surface area contributed by atoms with E-state index in [-0.39, 0.29) is 28.2 Å². The molecule has 0 amide bonds. The number of Topliss-reactive ketones (excluding diaryl/α,β-unsaturated/α-hetero) is 1. The summed E-state index contributed by atoms with van der Waals surface area (Å²) < 4.78 is 17.9. The summed E-state index contributed by atoms with van der Waals surface area (Å²) in [6.07, 6.45) is 0. The van der Waals surface area contributed by atoms with Crippen LogP contribution in [0.2, 0.25) is 0 Å². The molecule has 2 heterocycles. The van der Waals surface area contributed by atoms with Crippen LogP contribution in [-0.2, 0) is 14.1 Å². The highest BCUT2D eigenvalue weighted by atomic mass is 32.2. The summed E-state index contributed by atoms with van der Waals surface area (Å²) in [4.78, 5) is 36.7. The van der Waals surface area contributed by atoms with E-state index in [2.05, 4.69) is 10.2 Å². The molecule has 0 bridgehead atoms. The molecule has 2 N–H and O–H groups in total. The van der Waals surface area contributed by atoms with Crippen molar-refractivity contribution in [2.75, 3.05) is 25.7 Å². The molecule has 1 aromatic carbocycles. The number of methoxy groups -OCH3 is 2. The van der Waals surface area contributed by atoms with Gasteiger partial charge in [0.2, 0.25) is 5.89 Å².